The van der Waals surface area contributed by atoms with Gasteiger partial charge in [0.2, 0.25) is 0 Å². The lowest BCUT2D eigenvalue weighted by Gasteiger charge is -2.31. The monoisotopic (exact) mass is 276 g/mol. The van der Waals surface area contributed by atoms with E-state index in [-0.39, 0.29) is 11.2 Å². The van der Waals surface area contributed by atoms with Crippen molar-refractivity contribution in [1.82, 2.24) is 4.90 Å². The van der Waals surface area contributed by atoms with Gasteiger partial charge >= 0.3 is 0 Å². The maximum Gasteiger partial charge on any atom is 0.128 e. The molecular formula is C17H25FN2. The number of rotatable bonds is 6. The van der Waals surface area contributed by atoms with Crippen LogP contribution in [0.3, 0.4) is 0 Å². The fourth-order valence-corrected chi connectivity index (χ4v) is 2.95. The van der Waals surface area contributed by atoms with E-state index >= 15 is 0 Å². The van der Waals surface area contributed by atoms with Crippen molar-refractivity contribution in [2.75, 3.05) is 6.54 Å². The van der Waals surface area contributed by atoms with Crippen LogP contribution in [0, 0.1) is 16.6 Å². The molecule has 0 atom stereocenters. The summed E-state index contributed by atoms with van der Waals surface area (Å²) in [5.41, 5.74) is 2.03. The molecule has 0 saturated heterocycles. The molecule has 3 heteroatoms. The Morgan fingerprint density at radius 3 is 2.75 bits per heavy atom. The molecule has 1 aromatic rings. The summed E-state index contributed by atoms with van der Waals surface area (Å²) in [4.78, 5) is 2.08. The summed E-state index contributed by atoms with van der Waals surface area (Å²) >= 11 is 0. The first-order valence-electron chi connectivity index (χ1n) is 7.55. The number of hydrogen-bond acceptors (Lipinski definition) is 1. The lowest BCUT2D eigenvalue weighted by molar-refractivity contribution is 0.230. The average Bonchev–Trinajstić information content (AvgIpc) is 2.66. The zero-order valence-corrected chi connectivity index (χ0v) is 12.8. The molecule has 1 aliphatic rings. The molecule has 0 spiro atoms. The van der Waals surface area contributed by atoms with Crippen molar-refractivity contribution in [1.29, 1.82) is 5.41 Å². The van der Waals surface area contributed by atoms with Crippen LogP contribution in [0.25, 0.3) is 0 Å². The van der Waals surface area contributed by atoms with Gasteiger partial charge < -0.3 is 4.90 Å². The highest BCUT2D eigenvalue weighted by Gasteiger charge is 2.29. The first kappa shape index (κ1) is 15.0. The van der Waals surface area contributed by atoms with Crippen molar-refractivity contribution in [3.63, 3.8) is 0 Å². The van der Waals surface area contributed by atoms with Crippen molar-refractivity contribution in [3.8, 4) is 0 Å². The molecule has 2 nitrogen and oxygen atoms in total. The Morgan fingerprint density at radius 2 is 2.05 bits per heavy atom. The molecule has 1 aromatic carbocycles. The van der Waals surface area contributed by atoms with E-state index in [4.69, 9.17) is 5.41 Å². The van der Waals surface area contributed by atoms with Crippen LogP contribution in [-0.4, -0.2) is 17.3 Å². The molecule has 0 bridgehead atoms. The van der Waals surface area contributed by atoms with Gasteiger partial charge in [0.05, 0.1) is 0 Å². The second-order valence-corrected chi connectivity index (χ2v) is 6.63. The van der Waals surface area contributed by atoms with Crippen LogP contribution < -0.4 is 0 Å². The number of nitrogens with one attached hydrogen (secondary N) is 1. The van der Waals surface area contributed by atoms with E-state index < -0.39 is 0 Å². The zero-order valence-electron chi connectivity index (χ0n) is 12.8. The van der Waals surface area contributed by atoms with E-state index in [1.807, 2.05) is 6.07 Å². The van der Waals surface area contributed by atoms with Crippen molar-refractivity contribution in [2.24, 2.45) is 5.41 Å². The summed E-state index contributed by atoms with van der Waals surface area (Å²) in [6.45, 7) is 8.35. The molecule has 0 amide bonds. The summed E-state index contributed by atoms with van der Waals surface area (Å²) in [6.07, 6.45) is 4.92. The van der Waals surface area contributed by atoms with E-state index in [9.17, 15) is 4.39 Å². The molecule has 0 fully saturated rings. The smallest absolute Gasteiger partial charge is 0.128 e. The lowest BCUT2D eigenvalue weighted by atomic mass is 9.86. The van der Waals surface area contributed by atoms with Crippen LogP contribution in [0.15, 0.2) is 18.2 Å². The summed E-state index contributed by atoms with van der Waals surface area (Å²) in [5.74, 6) is 0.223. The van der Waals surface area contributed by atoms with Crippen LogP contribution >= 0.6 is 0 Å². The average molecular weight is 276 g/mol. The van der Waals surface area contributed by atoms with Crippen molar-refractivity contribution in [2.45, 2.75) is 53.0 Å². The fourth-order valence-electron chi connectivity index (χ4n) is 2.95. The third-order valence-electron chi connectivity index (χ3n) is 4.08. The Balaban J connectivity index is 2.00. The van der Waals surface area contributed by atoms with Crippen LogP contribution in [-0.2, 0) is 6.54 Å². The molecule has 1 heterocycles. The number of unbranched alkanes of at least 4 members (excludes halogenated alkanes) is 2. The molecule has 0 aromatic heterocycles. The van der Waals surface area contributed by atoms with Gasteiger partial charge in [-0.05, 0) is 29.5 Å². The number of nitrogens with zero attached hydrogens (tertiary/aromatic N) is 1. The van der Waals surface area contributed by atoms with Gasteiger partial charge in [-0.15, -0.1) is 0 Å². The van der Waals surface area contributed by atoms with Gasteiger partial charge in [-0.2, -0.15) is 0 Å². The van der Waals surface area contributed by atoms with Gasteiger partial charge in [-0.25, -0.2) is 4.39 Å². The molecule has 2 rings (SSSR count). The minimum Gasteiger partial charge on any atom is -0.352 e. The summed E-state index contributed by atoms with van der Waals surface area (Å²) in [5, 5.41) is 8.24. The molecule has 0 unspecified atom stereocenters. The number of fused-ring (bicyclic) bond motifs is 1. The van der Waals surface area contributed by atoms with Crippen molar-refractivity contribution >= 4 is 5.84 Å². The van der Waals surface area contributed by atoms with E-state index in [1.165, 1.54) is 37.8 Å². The molecule has 1 N–H and O–H groups in total. The van der Waals surface area contributed by atoms with Gasteiger partial charge in [0.15, 0.2) is 0 Å². The fraction of sp³-hybridized carbons (Fsp3) is 0.588. The maximum atomic E-state index is 13.3. The highest BCUT2D eigenvalue weighted by Crippen LogP contribution is 2.30. The first-order valence-corrected chi connectivity index (χ1v) is 7.55. The third kappa shape index (κ3) is 3.38. The minimum absolute atomic E-state index is 0.196. The van der Waals surface area contributed by atoms with E-state index in [0.717, 1.165) is 24.2 Å². The topological polar surface area (TPSA) is 27.1 Å². The molecule has 110 valence electrons. The molecule has 0 aliphatic carbocycles. The minimum atomic E-state index is -0.252. The standard InChI is InChI=1S/C17H25FN2/c1-4-5-6-9-17(2,3)12-20-11-13-7-8-14(18)10-15(13)16(20)19/h7-8,10,19H,4-6,9,11-12H2,1-3H3. The van der Waals surface area contributed by atoms with Gasteiger partial charge in [-0.3, -0.25) is 5.41 Å². The van der Waals surface area contributed by atoms with Gasteiger partial charge in [0.1, 0.15) is 11.7 Å². The maximum absolute atomic E-state index is 13.3. The number of halogens is 1. The number of hydrogen-bond donors (Lipinski definition) is 1. The predicted octanol–water partition coefficient (Wildman–Crippen LogP) is 4.57. The second-order valence-electron chi connectivity index (χ2n) is 6.63. The Labute approximate surface area is 121 Å². The third-order valence-corrected chi connectivity index (χ3v) is 4.08. The van der Waals surface area contributed by atoms with E-state index in [1.54, 1.807) is 0 Å². The Bertz CT molecular complexity index is 494. The van der Waals surface area contributed by atoms with E-state index in [0.29, 0.717) is 5.84 Å². The van der Waals surface area contributed by atoms with Gasteiger partial charge in [0.25, 0.3) is 0 Å². The molecule has 0 radical (unpaired) electrons. The molecular weight excluding hydrogens is 251 g/mol. The summed E-state index contributed by atoms with van der Waals surface area (Å²) in [6, 6.07) is 4.78. The summed E-state index contributed by atoms with van der Waals surface area (Å²) in [7, 11) is 0. The second kappa shape index (κ2) is 5.94. The van der Waals surface area contributed by atoms with Crippen LogP contribution in [0.5, 0.6) is 0 Å². The van der Waals surface area contributed by atoms with Gasteiger partial charge in [0, 0.05) is 18.7 Å². The van der Waals surface area contributed by atoms with Gasteiger partial charge in [-0.1, -0.05) is 46.1 Å². The first-order chi connectivity index (χ1) is 9.43. The largest absolute Gasteiger partial charge is 0.352 e. The van der Waals surface area contributed by atoms with Crippen LogP contribution in [0.1, 0.15) is 57.6 Å². The Morgan fingerprint density at radius 1 is 1.30 bits per heavy atom. The lowest BCUT2D eigenvalue weighted by Crippen LogP contribution is -2.34. The Hall–Kier alpha value is -1.38. The highest BCUT2D eigenvalue weighted by molar-refractivity contribution is 6.00. The SMILES string of the molecule is CCCCCC(C)(C)CN1Cc2ccc(F)cc2C1=N. The highest BCUT2D eigenvalue weighted by atomic mass is 19.1. The normalized spacial score (nSPS) is 14.8. The van der Waals surface area contributed by atoms with Crippen LogP contribution in [0.4, 0.5) is 4.39 Å². The van der Waals surface area contributed by atoms with Crippen molar-refractivity contribution < 1.29 is 4.39 Å². The van der Waals surface area contributed by atoms with Crippen LogP contribution in [0.2, 0.25) is 0 Å². The molecule has 20 heavy (non-hydrogen) atoms. The van der Waals surface area contributed by atoms with Crippen molar-refractivity contribution in [3.05, 3.63) is 35.1 Å². The summed E-state index contributed by atoms with van der Waals surface area (Å²) < 4.78 is 13.3. The predicted molar refractivity (Wildman–Crippen MR) is 81.6 cm³/mol. The number of amidine groups is 1. The Kier molecular flexibility index (Phi) is 4.46. The number of benzene rings is 1. The zero-order chi connectivity index (χ0) is 14.8. The molecule has 1 aliphatic heterocycles. The molecule has 0 saturated carbocycles. The quantitative estimate of drug-likeness (QED) is 0.757. The van der Waals surface area contributed by atoms with E-state index in [2.05, 4.69) is 25.7 Å².